The highest BCUT2D eigenvalue weighted by Gasteiger charge is 2.25. The highest BCUT2D eigenvalue weighted by molar-refractivity contribution is 9.11. The monoisotopic (exact) mass is 344 g/mol. The first kappa shape index (κ1) is 16.4. The summed E-state index contributed by atoms with van der Waals surface area (Å²) in [6.07, 6.45) is 13.3. The maximum absolute atomic E-state index is 10.1. The molecule has 3 atom stereocenters. The lowest BCUT2D eigenvalue weighted by atomic mass is 10.1. The number of hydrogen-bond donors (Lipinski definition) is 1. The van der Waals surface area contributed by atoms with Crippen molar-refractivity contribution in [2.45, 2.75) is 43.8 Å². The Hall–Kier alpha value is -0.690. The van der Waals surface area contributed by atoms with Gasteiger partial charge in [0.05, 0.1) is 5.38 Å². The molecule has 0 saturated carbocycles. The fourth-order valence-electron chi connectivity index (χ4n) is 1.75. The molecule has 19 heavy (non-hydrogen) atoms. The highest BCUT2D eigenvalue weighted by atomic mass is 79.9. The predicted molar refractivity (Wildman–Crippen MR) is 83.1 cm³/mol. The molecule has 1 aliphatic rings. The molecule has 0 radical (unpaired) electrons. The van der Waals surface area contributed by atoms with Gasteiger partial charge in [-0.1, -0.05) is 47.0 Å². The second-order valence-corrected chi connectivity index (χ2v) is 5.73. The molecule has 0 spiro atoms. The number of aliphatic hydroxyl groups excluding tert-OH is 1. The lowest BCUT2D eigenvalue weighted by molar-refractivity contribution is 0.0630. The Morgan fingerprint density at radius 3 is 3.11 bits per heavy atom. The molecular formula is C15H18BrClO2. The first-order valence-electron chi connectivity index (χ1n) is 6.25. The third-order valence-electron chi connectivity index (χ3n) is 2.79. The lowest BCUT2D eigenvalue weighted by Crippen LogP contribution is -2.28. The Morgan fingerprint density at radius 1 is 1.74 bits per heavy atom. The Kier molecular flexibility index (Phi) is 7.30. The van der Waals surface area contributed by atoms with Crippen LogP contribution in [-0.4, -0.2) is 22.7 Å². The van der Waals surface area contributed by atoms with Gasteiger partial charge in [-0.05, 0) is 18.9 Å². The summed E-state index contributed by atoms with van der Waals surface area (Å²) in [6.45, 7) is 1.99. The van der Waals surface area contributed by atoms with Gasteiger partial charge in [0, 0.05) is 10.9 Å². The van der Waals surface area contributed by atoms with Crippen molar-refractivity contribution < 1.29 is 9.84 Å². The van der Waals surface area contributed by atoms with Gasteiger partial charge in [0.1, 0.15) is 18.0 Å². The Labute approximate surface area is 128 Å². The van der Waals surface area contributed by atoms with Crippen LogP contribution in [0.5, 0.6) is 0 Å². The van der Waals surface area contributed by atoms with Crippen LogP contribution in [0.15, 0.2) is 34.5 Å². The van der Waals surface area contributed by atoms with Crippen LogP contribution in [-0.2, 0) is 4.74 Å². The number of allylic oxidation sites excluding steroid dienone is 3. The van der Waals surface area contributed by atoms with E-state index in [0.717, 1.165) is 10.9 Å². The van der Waals surface area contributed by atoms with E-state index in [9.17, 15) is 5.11 Å². The van der Waals surface area contributed by atoms with Gasteiger partial charge in [0.2, 0.25) is 0 Å². The number of aliphatic hydroxyl groups is 1. The number of hydrogen-bond acceptors (Lipinski definition) is 2. The second-order valence-electron chi connectivity index (χ2n) is 4.21. The van der Waals surface area contributed by atoms with E-state index in [2.05, 4.69) is 21.9 Å². The van der Waals surface area contributed by atoms with E-state index >= 15 is 0 Å². The maximum Gasteiger partial charge on any atom is 0.139 e. The topological polar surface area (TPSA) is 29.5 Å². The molecule has 0 bridgehead atoms. The van der Waals surface area contributed by atoms with Crippen molar-refractivity contribution >= 4 is 27.5 Å². The molecule has 0 fully saturated rings. The van der Waals surface area contributed by atoms with Gasteiger partial charge in [-0.2, -0.15) is 0 Å². The van der Waals surface area contributed by atoms with Crippen molar-refractivity contribution in [2.24, 2.45) is 0 Å². The molecular weight excluding hydrogens is 328 g/mol. The van der Waals surface area contributed by atoms with E-state index in [1.165, 1.54) is 0 Å². The minimum atomic E-state index is -0.738. The first-order chi connectivity index (χ1) is 9.10. The number of halogens is 2. The molecule has 0 saturated heterocycles. The molecule has 1 rings (SSSR count). The molecule has 0 aliphatic carbocycles. The standard InChI is InChI=1S/C15H18BrClO2/c1-3-5-6-10-14-12(17)8-7-9-13(18)15(19-14)11(16)4-2/h1,5-7,9,12-14,18H,4,8,10H2,2H3/b6-5-,9-7-,15-11+/t12-,13-,14-/m0/s1. The van der Waals surface area contributed by atoms with Gasteiger partial charge in [0.15, 0.2) is 0 Å². The Bertz CT molecular complexity index is 420. The second kappa shape index (κ2) is 8.47. The third-order valence-corrected chi connectivity index (χ3v) is 4.20. The normalized spacial score (nSPS) is 32.1. The van der Waals surface area contributed by atoms with Crippen molar-refractivity contribution in [1.82, 2.24) is 0 Å². The number of ether oxygens (including phenoxy) is 1. The van der Waals surface area contributed by atoms with E-state index in [0.29, 0.717) is 18.6 Å². The SMILES string of the molecule is C#C/C=C\C[C@@H]1O/C(=C(/Br)CC)[C@@H](O)/C=C\C[C@@H]1Cl. The summed E-state index contributed by atoms with van der Waals surface area (Å²) in [4.78, 5) is 0. The lowest BCUT2D eigenvalue weighted by Gasteiger charge is -2.28. The summed E-state index contributed by atoms with van der Waals surface area (Å²) in [5, 5.41) is 9.90. The van der Waals surface area contributed by atoms with Crippen LogP contribution in [0.4, 0.5) is 0 Å². The van der Waals surface area contributed by atoms with Gasteiger partial charge in [-0.15, -0.1) is 18.0 Å². The van der Waals surface area contributed by atoms with Gasteiger partial charge < -0.3 is 9.84 Å². The maximum atomic E-state index is 10.1. The van der Waals surface area contributed by atoms with Gasteiger partial charge in [-0.25, -0.2) is 0 Å². The van der Waals surface area contributed by atoms with Crippen LogP contribution in [0.1, 0.15) is 26.2 Å². The summed E-state index contributed by atoms with van der Waals surface area (Å²) in [7, 11) is 0. The van der Waals surface area contributed by atoms with Crippen molar-refractivity contribution in [3.63, 3.8) is 0 Å². The van der Waals surface area contributed by atoms with Crippen LogP contribution in [0, 0.1) is 12.3 Å². The van der Waals surface area contributed by atoms with E-state index in [1.807, 2.05) is 19.1 Å². The van der Waals surface area contributed by atoms with Crippen LogP contribution < -0.4 is 0 Å². The third kappa shape index (κ3) is 5.06. The fourth-order valence-corrected chi connectivity index (χ4v) is 2.33. The van der Waals surface area contributed by atoms with Crippen LogP contribution in [0.3, 0.4) is 0 Å². The number of terminal acetylenes is 1. The van der Waals surface area contributed by atoms with Gasteiger partial charge in [-0.3, -0.25) is 0 Å². The summed E-state index contributed by atoms with van der Waals surface area (Å²) < 4.78 is 6.74. The van der Waals surface area contributed by atoms with Crippen molar-refractivity contribution in [3.8, 4) is 12.3 Å². The van der Waals surface area contributed by atoms with E-state index in [4.69, 9.17) is 22.8 Å². The minimum absolute atomic E-state index is 0.154. The summed E-state index contributed by atoms with van der Waals surface area (Å²) in [6, 6.07) is 0. The van der Waals surface area contributed by atoms with Crippen LogP contribution in [0.2, 0.25) is 0 Å². The van der Waals surface area contributed by atoms with E-state index in [-0.39, 0.29) is 11.5 Å². The zero-order chi connectivity index (χ0) is 14.3. The van der Waals surface area contributed by atoms with E-state index < -0.39 is 6.10 Å². The average molecular weight is 346 g/mol. The number of alkyl halides is 1. The zero-order valence-corrected chi connectivity index (χ0v) is 13.2. The molecule has 0 amide bonds. The largest absolute Gasteiger partial charge is 0.489 e. The molecule has 1 N–H and O–H groups in total. The van der Waals surface area contributed by atoms with Crippen LogP contribution >= 0.6 is 27.5 Å². The predicted octanol–water partition coefficient (Wildman–Crippen LogP) is 3.90. The molecule has 0 aromatic rings. The summed E-state index contributed by atoms with van der Waals surface area (Å²) in [5.74, 6) is 2.97. The molecule has 1 aliphatic heterocycles. The van der Waals surface area contributed by atoms with Crippen molar-refractivity contribution in [1.29, 1.82) is 0 Å². The molecule has 0 aromatic heterocycles. The van der Waals surface area contributed by atoms with E-state index in [1.54, 1.807) is 12.2 Å². The van der Waals surface area contributed by atoms with Crippen molar-refractivity contribution in [2.75, 3.05) is 0 Å². The van der Waals surface area contributed by atoms with Gasteiger partial charge in [0.25, 0.3) is 0 Å². The summed E-state index contributed by atoms with van der Waals surface area (Å²) >= 11 is 9.75. The molecule has 1 heterocycles. The highest BCUT2D eigenvalue weighted by Crippen LogP contribution is 2.28. The van der Waals surface area contributed by atoms with Crippen LogP contribution in [0.25, 0.3) is 0 Å². The number of rotatable bonds is 3. The quantitative estimate of drug-likeness (QED) is 0.477. The molecule has 4 heteroatoms. The Balaban J connectivity index is 2.94. The Morgan fingerprint density at radius 2 is 2.47 bits per heavy atom. The van der Waals surface area contributed by atoms with Gasteiger partial charge >= 0.3 is 0 Å². The molecule has 104 valence electrons. The van der Waals surface area contributed by atoms with Crippen molar-refractivity contribution in [3.05, 3.63) is 34.5 Å². The molecule has 0 unspecified atom stereocenters. The fraction of sp³-hybridized carbons (Fsp3) is 0.467. The minimum Gasteiger partial charge on any atom is -0.489 e. The average Bonchev–Trinajstić information content (AvgIpc) is 2.40. The zero-order valence-electron chi connectivity index (χ0n) is 10.9. The molecule has 2 nitrogen and oxygen atoms in total. The molecule has 0 aromatic carbocycles. The first-order valence-corrected chi connectivity index (χ1v) is 7.48. The summed E-state index contributed by atoms with van der Waals surface area (Å²) in [5.41, 5.74) is 0. The smallest absolute Gasteiger partial charge is 0.139 e.